The number of alkyl halides is 1. The quantitative estimate of drug-likeness (QED) is 0.643. The van der Waals surface area contributed by atoms with Crippen molar-refractivity contribution in [2.75, 3.05) is 25.6 Å². The van der Waals surface area contributed by atoms with Gasteiger partial charge < -0.3 is 10.1 Å². The third-order valence-electron chi connectivity index (χ3n) is 3.45. The van der Waals surface area contributed by atoms with Gasteiger partial charge in [-0.15, -0.1) is 11.6 Å². The Balaban J connectivity index is 1.86. The second-order valence-corrected chi connectivity index (χ2v) is 5.11. The van der Waals surface area contributed by atoms with Gasteiger partial charge in [-0.3, -0.25) is 4.79 Å². The molecule has 104 valence electrons. The lowest BCUT2D eigenvalue weighted by atomic mass is 9.82. The molecule has 0 saturated heterocycles. The van der Waals surface area contributed by atoms with Crippen LogP contribution in [0, 0.1) is 0 Å². The maximum atomic E-state index is 12.2. The minimum absolute atomic E-state index is 0.00187. The third kappa shape index (κ3) is 3.95. The Bertz CT molecular complexity index is 422. The van der Waals surface area contributed by atoms with Crippen molar-refractivity contribution in [2.24, 2.45) is 0 Å². The third-order valence-corrected chi connectivity index (χ3v) is 3.61. The minimum atomic E-state index is -0.00187. The molecule has 0 aromatic heterocycles. The van der Waals surface area contributed by atoms with E-state index in [-0.39, 0.29) is 11.8 Å². The van der Waals surface area contributed by atoms with Crippen LogP contribution in [0.2, 0.25) is 0 Å². The van der Waals surface area contributed by atoms with Crippen LogP contribution in [-0.4, -0.2) is 31.5 Å². The normalized spacial score (nSPS) is 17.8. The monoisotopic (exact) mass is 281 g/mol. The van der Waals surface area contributed by atoms with Crippen LogP contribution in [0.4, 0.5) is 0 Å². The molecule has 0 fully saturated rings. The largest absolute Gasteiger partial charge is 0.378 e. The first-order valence-electron chi connectivity index (χ1n) is 6.82. The lowest BCUT2D eigenvalue weighted by Gasteiger charge is -2.24. The summed E-state index contributed by atoms with van der Waals surface area (Å²) in [6.07, 6.45) is 3.10. The van der Waals surface area contributed by atoms with Gasteiger partial charge >= 0.3 is 0 Å². The van der Waals surface area contributed by atoms with E-state index in [1.807, 2.05) is 12.1 Å². The van der Waals surface area contributed by atoms with E-state index < -0.39 is 0 Å². The summed E-state index contributed by atoms with van der Waals surface area (Å²) >= 11 is 5.51. The Morgan fingerprint density at radius 3 is 3.05 bits per heavy atom. The van der Waals surface area contributed by atoms with Gasteiger partial charge in [-0.05, 0) is 30.4 Å². The van der Waals surface area contributed by atoms with Crippen molar-refractivity contribution in [2.45, 2.75) is 25.2 Å². The molecular formula is C15H20ClNO2. The first-order valence-corrected chi connectivity index (χ1v) is 7.35. The van der Waals surface area contributed by atoms with Crippen molar-refractivity contribution in [1.82, 2.24) is 5.32 Å². The van der Waals surface area contributed by atoms with Crippen LogP contribution in [0.1, 0.15) is 29.9 Å². The maximum Gasteiger partial charge on any atom is 0.227 e. The average Bonchev–Trinajstić information content (AvgIpc) is 2.46. The van der Waals surface area contributed by atoms with E-state index in [0.717, 1.165) is 19.3 Å². The molecule has 1 amide bonds. The minimum Gasteiger partial charge on any atom is -0.378 e. The van der Waals surface area contributed by atoms with E-state index in [1.54, 1.807) is 0 Å². The molecule has 0 saturated carbocycles. The molecule has 1 atom stereocenters. The number of hydrogen-bond donors (Lipinski definition) is 1. The van der Waals surface area contributed by atoms with Crippen LogP contribution in [0.3, 0.4) is 0 Å². The number of ether oxygens (including phenoxy) is 1. The molecule has 2 rings (SSSR count). The van der Waals surface area contributed by atoms with Crippen molar-refractivity contribution >= 4 is 17.5 Å². The van der Waals surface area contributed by atoms with Crippen molar-refractivity contribution in [3.8, 4) is 0 Å². The molecule has 0 heterocycles. The molecule has 1 aromatic carbocycles. The molecule has 0 aliphatic heterocycles. The molecule has 1 aliphatic carbocycles. The molecule has 1 unspecified atom stereocenters. The lowest BCUT2D eigenvalue weighted by Crippen LogP contribution is -2.33. The number of rotatable bonds is 6. The van der Waals surface area contributed by atoms with Gasteiger partial charge in [0.15, 0.2) is 0 Å². The lowest BCUT2D eigenvalue weighted by molar-refractivity contribution is -0.123. The summed E-state index contributed by atoms with van der Waals surface area (Å²) in [5, 5.41) is 2.95. The van der Waals surface area contributed by atoms with Crippen LogP contribution in [-0.2, 0) is 16.0 Å². The Kier molecular flexibility index (Phi) is 5.67. The Morgan fingerprint density at radius 2 is 2.21 bits per heavy atom. The highest BCUT2D eigenvalue weighted by Gasteiger charge is 2.25. The van der Waals surface area contributed by atoms with E-state index >= 15 is 0 Å². The van der Waals surface area contributed by atoms with E-state index in [0.29, 0.717) is 25.6 Å². The molecule has 1 aromatic rings. The van der Waals surface area contributed by atoms with Gasteiger partial charge in [-0.2, -0.15) is 0 Å². The van der Waals surface area contributed by atoms with Crippen LogP contribution in [0.15, 0.2) is 24.3 Å². The Hall–Kier alpha value is -1.06. The number of amides is 1. The Morgan fingerprint density at radius 1 is 1.37 bits per heavy atom. The number of carbonyl (C=O) groups is 1. The molecule has 4 heteroatoms. The van der Waals surface area contributed by atoms with Crippen molar-refractivity contribution in [3.63, 3.8) is 0 Å². The predicted octanol–water partition coefficient (Wildman–Crippen LogP) is 2.48. The fourth-order valence-electron chi connectivity index (χ4n) is 2.55. The summed E-state index contributed by atoms with van der Waals surface area (Å²) in [6.45, 7) is 1.60. The van der Waals surface area contributed by atoms with Crippen molar-refractivity contribution in [3.05, 3.63) is 35.4 Å². The van der Waals surface area contributed by atoms with Gasteiger partial charge in [0.1, 0.15) is 0 Å². The molecule has 0 radical (unpaired) electrons. The highest BCUT2D eigenvalue weighted by molar-refractivity contribution is 6.17. The topological polar surface area (TPSA) is 38.3 Å². The summed E-state index contributed by atoms with van der Waals surface area (Å²) < 4.78 is 5.24. The van der Waals surface area contributed by atoms with Crippen LogP contribution in [0.5, 0.6) is 0 Å². The van der Waals surface area contributed by atoms with Crippen molar-refractivity contribution < 1.29 is 9.53 Å². The standard InChI is InChI=1S/C15H20ClNO2/c16-8-10-19-11-9-17-15(18)14-7-3-5-12-4-1-2-6-13(12)14/h1-2,4,6,14H,3,5,7-11H2,(H,17,18). The van der Waals surface area contributed by atoms with Gasteiger partial charge in [0.05, 0.1) is 19.1 Å². The van der Waals surface area contributed by atoms with E-state index in [4.69, 9.17) is 16.3 Å². The number of fused-ring (bicyclic) bond motifs is 1. The summed E-state index contributed by atoms with van der Waals surface area (Å²) in [7, 11) is 0. The highest BCUT2D eigenvalue weighted by atomic mass is 35.5. The second kappa shape index (κ2) is 7.51. The van der Waals surface area contributed by atoms with Gasteiger partial charge in [0, 0.05) is 12.4 Å². The zero-order chi connectivity index (χ0) is 13.5. The number of carbonyl (C=O) groups excluding carboxylic acids is 1. The average molecular weight is 282 g/mol. The zero-order valence-corrected chi connectivity index (χ0v) is 11.8. The van der Waals surface area contributed by atoms with Gasteiger partial charge in [0.25, 0.3) is 0 Å². The first-order chi connectivity index (χ1) is 9.33. The zero-order valence-electron chi connectivity index (χ0n) is 11.0. The summed E-state index contributed by atoms with van der Waals surface area (Å²) in [5.74, 6) is 0.601. The highest BCUT2D eigenvalue weighted by Crippen LogP contribution is 2.31. The van der Waals surface area contributed by atoms with E-state index in [1.165, 1.54) is 11.1 Å². The predicted molar refractivity (Wildman–Crippen MR) is 76.7 cm³/mol. The van der Waals surface area contributed by atoms with E-state index in [2.05, 4.69) is 17.4 Å². The fourth-order valence-corrected chi connectivity index (χ4v) is 2.66. The molecule has 1 aliphatic rings. The number of aryl methyl sites for hydroxylation is 1. The Labute approximate surface area is 119 Å². The van der Waals surface area contributed by atoms with Gasteiger partial charge in [0.2, 0.25) is 5.91 Å². The van der Waals surface area contributed by atoms with Gasteiger partial charge in [-0.1, -0.05) is 24.3 Å². The molecule has 0 bridgehead atoms. The van der Waals surface area contributed by atoms with Crippen LogP contribution < -0.4 is 5.32 Å². The summed E-state index contributed by atoms with van der Waals surface area (Å²) in [4.78, 5) is 12.2. The second-order valence-electron chi connectivity index (χ2n) is 4.74. The molecule has 0 spiro atoms. The molecule has 3 nitrogen and oxygen atoms in total. The fraction of sp³-hybridized carbons (Fsp3) is 0.533. The van der Waals surface area contributed by atoms with E-state index in [9.17, 15) is 4.79 Å². The first kappa shape index (κ1) is 14.4. The number of halogens is 1. The summed E-state index contributed by atoms with van der Waals surface area (Å²) in [6, 6.07) is 8.24. The number of hydrogen-bond acceptors (Lipinski definition) is 2. The molecular weight excluding hydrogens is 262 g/mol. The van der Waals surface area contributed by atoms with Crippen LogP contribution in [0.25, 0.3) is 0 Å². The van der Waals surface area contributed by atoms with Gasteiger partial charge in [-0.25, -0.2) is 0 Å². The molecule has 19 heavy (non-hydrogen) atoms. The van der Waals surface area contributed by atoms with Crippen LogP contribution >= 0.6 is 11.6 Å². The maximum absolute atomic E-state index is 12.2. The van der Waals surface area contributed by atoms with Crippen molar-refractivity contribution in [1.29, 1.82) is 0 Å². The smallest absolute Gasteiger partial charge is 0.227 e. The number of nitrogens with one attached hydrogen (secondary N) is 1. The SMILES string of the molecule is O=C(NCCOCCCl)C1CCCc2ccccc21. The molecule has 1 N–H and O–H groups in total. The summed E-state index contributed by atoms with van der Waals surface area (Å²) in [5.41, 5.74) is 2.50. The number of benzene rings is 1.